The van der Waals surface area contributed by atoms with Crippen LogP contribution < -0.4 is 0 Å². The van der Waals surface area contributed by atoms with Crippen LogP contribution in [-0.2, 0) is 0 Å². The van der Waals surface area contributed by atoms with Gasteiger partial charge >= 0.3 is 0 Å². The standard InChI is InChI=1S/C51H31N3O/c1-30-41-29-43-42-28-35(34-24-23-31-13-5-6-16-33(31)27-34)25-26-44(42)54(49(43)46(30)39-20-10-9-18-37(39)36-17-7-8-19-38(36)41)51-52-47(32-14-3-2-4-15-32)50-48(53-51)40-21-11-12-22-45(40)55-50/h2-29H,1H3. The maximum Gasteiger partial charge on any atom is 0.236 e. The first kappa shape index (κ1) is 30.2. The Bertz CT molecular complexity index is 3390. The molecule has 256 valence electrons. The highest BCUT2D eigenvalue weighted by molar-refractivity contribution is 6.19. The second kappa shape index (κ2) is 11.3. The second-order valence-corrected chi connectivity index (χ2v) is 14.6. The summed E-state index contributed by atoms with van der Waals surface area (Å²) in [4.78, 5) is 10.9. The van der Waals surface area contributed by atoms with Gasteiger partial charge in [-0.1, -0.05) is 133 Å². The molecule has 0 fully saturated rings. The van der Waals surface area contributed by atoms with Crippen LogP contribution in [0.25, 0.3) is 116 Å². The number of para-hydroxylation sites is 1. The molecular formula is C51H31N3O. The third kappa shape index (κ3) is 4.34. The average Bonchev–Trinajstić information content (AvgIpc) is 3.76. The molecule has 4 heteroatoms. The van der Waals surface area contributed by atoms with Gasteiger partial charge in [-0.15, -0.1) is 0 Å². The van der Waals surface area contributed by atoms with E-state index in [0.29, 0.717) is 11.5 Å². The molecule has 11 aromatic rings. The summed E-state index contributed by atoms with van der Waals surface area (Å²) < 4.78 is 8.84. The monoisotopic (exact) mass is 701 g/mol. The molecule has 1 aliphatic carbocycles. The van der Waals surface area contributed by atoms with Crippen LogP contribution in [0.4, 0.5) is 0 Å². The van der Waals surface area contributed by atoms with Gasteiger partial charge in [-0.2, -0.15) is 0 Å². The molecule has 0 unspecified atom stereocenters. The van der Waals surface area contributed by atoms with E-state index in [-0.39, 0.29) is 0 Å². The minimum Gasteiger partial charge on any atom is -0.452 e. The Morgan fingerprint density at radius 3 is 1.96 bits per heavy atom. The minimum atomic E-state index is 0.610. The Hall–Kier alpha value is -7.30. The number of furan rings is 1. The zero-order valence-electron chi connectivity index (χ0n) is 29.9. The third-order valence-electron chi connectivity index (χ3n) is 11.6. The van der Waals surface area contributed by atoms with Crippen molar-refractivity contribution in [3.8, 4) is 61.7 Å². The number of hydrogen-bond acceptors (Lipinski definition) is 3. The van der Waals surface area contributed by atoms with Crippen LogP contribution in [0.2, 0.25) is 0 Å². The van der Waals surface area contributed by atoms with E-state index in [0.717, 1.165) is 44.2 Å². The van der Waals surface area contributed by atoms with Crippen molar-refractivity contribution in [2.24, 2.45) is 0 Å². The molecule has 4 nitrogen and oxygen atoms in total. The molecule has 0 radical (unpaired) electrons. The molecule has 0 saturated heterocycles. The molecule has 3 aromatic heterocycles. The summed E-state index contributed by atoms with van der Waals surface area (Å²) in [5.74, 6) is 0.610. The van der Waals surface area contributed by atoms with Gasteiger partial charge < -0.3 is 4.42 Å². The Kier molecular flexibility index (Phi) is 6.23. The molecule has 1 aliphatic rings. The summed E-state index contributed by atoms with van der Waals surface area (Å²) in [7, 11) is 0. The molecule has 0 saturated carbocycles. The number of aromatic nitrogens is 3. The van der Waals surface area contributed by atoms with E-state index < -0.39 is 0 Å². The molecule has 3 heterocycles. The van der Waals surface area contributed by atoms with E-state index in [1.54, 1.807) is 0 Å². The average molecular weight is 702 g/mol. The quantitative estimate of drug-likeness (QED) is 0.184. The zero-order chi connectivity index (χ0) is 36.2. The molecule has 2 bridgehead atoms. The first-order valence-electron chi connectivity index (χ1n) is 18.7. The van der Waals surface area contributed by atoms with Crippen molar-refractivity contribution >= 4 is 54.6 Å². The fourth-order valence-electron chi connectivity index (χ4n) is 9.00. The smallest absolute Gasteiger partial charge is 0.236 e. The van der Waals surface area contributed by atoms with Gasteiger partial charge in [-0.3, -0.25) is 4.57 Å². The van der Waals surface area contributed by atoms with Crippen LogP contribution in [0.3, 0.4) is 0 Å². The van der Waals surface area contributed by atoms with E-state index in [2.05, 4.69) is 145 Å². The van der Waals surface area contributed by atoms with E-state index in [4.69, 9.17) is 14.4 Å². The molecule has 0 spiro atoms. The summed E-state index contributed by atoms with van der Waals surface area (Å²) >= 11 is 0. The first-order valence-corrected chi connectivity index (χ1v) is 18.7. The van der Waals surface area contributed by atoms with Crippen molar-refractivity contribution in [2.45, 2.75) is 6.92 Å². The first-order chi connectivity index (χ1) is 27.2. The van der Waals surface area contributed by atoms with E-state index in [9.17, 15) is 0 Å². The fraction of sp³-hybridized carbons (Fsp3) is 0.0196. The van der Waals surface area contributed by atoms with Crippen LogP contribution in [0, 0.1) is 6.92 Å². The number of nitrogens with zero attached hydrogens (tertiary/aromatic N) is 3. The van der Waals surface area contributed by atoms with Gasteiger partial charge in [0.25, 0.3) is 0 Å². The molecule has 0 atom stereocenters. The molecule has 0 amide bonds. The van der Waals surface area contributed by atoms with E-state index in [1.807, 2.05) is 36.4 Å². The van der Waals surface area contributed by atoms with Crippen molar-refractivity contribution in [3.05, 3.63) is 175 Å². The number of benzene rings is 8. The highest BCUT2D eigenvalue weighted by Gasteiger charge is 2.28. The summed E-state index contributed by atoms with van der Waals surface area (Å²) in [6.45, 7) is 2.27. The summed E-state index contributed by atoms with van der Waals surface area (Å²) in [5.41, 5.74) is 17.1. The van der Waals surface area contributed by atoms with Gasteiger partial charge in [0.2, 0.25) is 5.95 Å². The number of fused-ring (bicyclic) bond motifs is 15. The largest absolute Gasteiger partial charge is 0.452 e. The van der Waals surface area contributed by atoms with Crippen molar-refractivity contribution < 1.29 is 4.42 Å². The van der Waals surface area contributed by atoms with Gasteiger partial charge in [-0.25, -0.2) is 9.97 Å². The molecule has 0 N–H and O–H groups in total. The molecule has 55 heavy (non-hydrogen) atoms. The minimum absolute atomic E-state index is 0.610. The summed E-state index contributed by atoms with van der Waals surface area (Å²) in [6.07, 6.45) is 0. The van der Waals surface area contributed by atoms with Gasteiger partial charge in [0, 0.05) is 27.3 Å². The van der Waals surface area contributed by atoms with E-state index >= 15 is 0 Å². The second-order valence-electron chi connectivity index (χ2n) is 14.6. The van der Waals surface area contributed by atoms with Crippen LogP contribution >= 0.6 is 0 Å². The van der Waals surface area contributed by atoms with Crippen molar-refractivity contribution in [1.82, 2.24) is 14.5 Å². The maximum absolute atomic E-state index is 6.53. The topological polar surface area (TPSA) is 43.9 Å². The van der Waals surface area contributed by atoms with Gasteiger partial charge in [0.05, 0.1) is 11.0 Å². The van der Waals surface area contributed by atoms with E-state index in [1.165, 1.54) is 66.2 Å². The van der Waals surface area contributed by atoms with Crippen molar-refractivity contribution in [3.63, 3.8) is 0 Å². The highest BCUT2D eigenvalue weighted by Crippen LogP contribution is 2.51. The van der Waals surface area contributed by atoms with Crippen molar-refractivity contribution in [1.29, 1.82) is 0 Å². The Morgan fingerprint density at radius 1 is 0.473 bits per heavy atom. The van der Waals surface area contributed by atoms with Gasteiger partial charge in [0.15, 0.2) is 5.58 Å². The maximum atomic E-state index is 6.53. The number of rotatable bonds is 3. The predicted octanol–water partition coefficient (Wildman–Crippen LogP) is 13.6. The number of hydrogen-bond donors (Lipinski definition) is 0. The Labute approximate surface area is 316 Å². The summed E-state index contributed by atoms with van der Waals surface area (Å²) in [5, 5.41) is 5.75. The zero-order valence-corrected chi connectivity index (χ0v) is 29.9. The normalized spacial score (nSPS) is 12.1. The lowest BCUT2D eigenvalue weighted by atomic mass is 9.92. The van der Waals surface area contributed by atoms with Crippen molar-refractivity contribution in [2.75, 3.05) is 0 Å². The molecule has 8 aromatic carbocycles. The van der Waals surface area contributed by atoms with Gasteiger partial charge in [0.1, 0.15) is 16.8 Å². The Morgan fingerprint density at radius 2 is 1.13 bits per heavy atom. The summed E-state index contributed by atoms with van der Waals surface area (Å²) in [6, 6.07) is 60.7. The Balaban J connectivity index is 1.25. The van der Waals surface area contributed by atoms with Crippen LogP contribution in [-0.4, -0.2) is 14.5 Å². The lowest BCUT2D eigenvalue weighted by Gasteiger charge is -2.15. The molecule has 0 aliphatic heterocycles. The molecule has 12 rings (SSSR count). The van der Waals surface area contributed by atoms with Crippen LogP contribution in [0.5, 0.6) is 0 Å². The predicted molar refractivity (Wildman–Crippen MR) is 227 cm³/mol. The lowest BCUT2D eigenvalue weighted by molar-refractivity contribution is 0.666. The lowest BCUT2D eigenvalue weighted by Crippen LogP contribution is -2.04. The molecular weight excluding hydrogens is 671 g/mol. The van der Waals surface area contributed by atoms with Gasteiger partial charge in [-0.05, 0) is 98.6 Å². The third-order valence-corrected chi connectivity index (χ3v) is 11.6. The SMILES string of the molecule is Cc1c2cc3c4cc(-c5ccc6ccccc6c5)ccc4n(-c4nc(-c5ccccc5)c5oc6ccccc6c5n4)c3c1-c1ccccc1-c1ccccc1-2. The van der Waals surface area contributed by atoms with Crippen LogP contribution in [0.15, 0.2) is 174 Å². The highest BCUT2D eigenvalue weighted by atomic mass is 16.3. The fourth-order valence-corrected chi connectivity index (χ4v) is 9.00. The van der Waals surface area contributed by atoms with Crippen LogP contribution in [0.1, 0.15) is 5.56 Å².